The van der Waals surface area contributed by atoms with Crippen molar-refractivity contribution < 1.29 is 18.3 Å². The molecule has 6 heteroatoms. The third-order valence-electron chi connectivity index (χ3n) is 1.81. The van der Waals surface area contributed by atoms with Gasteiger partial charge in [-0.1, -0.05) is 0 Å². The van der Waals surface area contributed by atoms with Crippen molar-refractivity contribution in [2.45, 2.75) is 24.5 Å². The molecular formula is C6H8N2O3S. The van der Waals surface area contributed by atoms with Crippen LogP contribution >= 0.6 is 0 Å². The van der Waals surface area contributed by atoms with E-state index in [0.29, 0.717) is 6.42 Å². The summed E-state index contributed by atoms with van der Waals surface area (Å²) in [4.78, 5) is 13.7. The smallest absolute Gasteiger partial charge is 0.294 e. The minimum atomic E-state index is -2.04. The van der Waals surface area contributed by atoms with Crippen LogP contribution in [0.3, 0.4) is 0 Å². The summed E-state index contributed by atoms with van der Waals surface area (Å²) in [7, 11) is 0. The fourth-order valence-electron chi connectivity index (χ4n) is 1.18. The molecule has 12 heavy (non-hydrogen) atoms. The Hall–Kier alpha value is -0.840. The van der Waals surface area contributed by atoms with Gasteiger partial charge in [-0.15, -0.1) is 0 Å². The van der Waals surface area contributed by atoms with Gasteiger partial charge in [-0.2, -0.15) is 4.79 Å². The van der Waals surface area contributed by atoms with E-state index < -0.39 is 16.3 Å². The molecule has 1 saturated carbocycles. The molecule has 0 radical (unpaired) electrons. The van der Waals surface area contributed by atoms with Gasteiger partial charge in [0.05, 0.1) is 0 Å². The summed E-state index contributed by atoms with van der Waals surface area (Å²) in [5.74, 6) is -0.0514. The number of hydrogen-bond donors (Lipinski definition) is 1. The molecule has 1 aliphatic rings. The number of ketones is 1. The van der Waals surface area contributed by atoms with Crippen molar-refractivity contribution in [3.8, 4) is 0 Å². The first kappa shape index (κ1) is 9.25. The Morgan fingerprint density at radius 1 is 1.67 bits per heavy atom. The predicted octanol–water partition coefficient (Wildman–Crippen LogP) is 0.000500. The number of nitrogens with zero attached hydrogens (tertiary/aromatic N) is 2. The van der Waals surface area contributed by atoms with Crippen molar-refractivity contribution >= 4 is 22.6 Å². The van der Waals surface area contributed by atoms with E-state index in [2.05, 4.69) is 4.79 Å². The Kier molecular flexibility index (Phi) is 2.86. The molecule has 2 atom stereocenters. The minimum absolute atomic E-state index is 0.00648. The summed E-state index contributed by atoms with van der Waals surface area (Å²) in [5.41, 5.74) is 8.54. The van der Waals surface area contributed by atoms with Crippen molar-refractivity contribution in [3.05, 3.63) is 5.53 Å². The molecule has 0 aliphatic heterocycles. The molecular weight excluding hydrogens is 180 g/mol. The van der Waals surface area contributed by atoms with Crippen molar-refractivity contribution in [1.82, 2.24) is 0 Å². The van der Waals surface area contributed by atoms with E-state index in [-0.39, 0.29) is 24.3 Å². The summed E-state index contributed by atoms with van der Waals surface area (Å²) < 4.78 is 19.4. The lowest BCUT2D eigenvalue weighted by atomic mass is 9.97. The maximum absolute atomic E-state index is 10.8. The molecule has 0 aromatic heterocycles. The van der Waals surface area contributed by atoms with Crippen molar-refractivity contribution in [1.29, 1.82) is 0 Å². The second kappa shape index (κ2) is 3.71. The summed E-state index contributed by atoms with van der Waals surface area (Å²) in [6, 6.07) is 0. The zero-order chi connectivity index (χ0) is 9.14. The van der Waals surface area contributed by atoms with Gasteiger partial charge in [-0.3, -0.25) is 4.79 Å². The van der Waals surface area contributed by atoms with Crippen LogP contribution < -0.4 is 0 Å². The molecule has 0 heterocycles. The number of carbonyl (C=O) groups excluding carboxylic acids is 1. The average molecular weight is 188 g/mol. The molecule has 0 aromatic carbocycles. The maximum Gasteiger partial charge on any atom is 0.294 e. The second-order valence-electron chi connectivity index (χ2n) is 2.61. The third-order valence-corrected chi connectivity index (χ3v) is 2.80. The summed E-state index contributed by atoms with van der Waals surface area (Å²) in [6.07, 6.45) is 0.574. The topological polar surface area (TPSA) is 90.8 Å². The summed E-state index contributed by atoms with van der Waals surface area (Å²) in [5, 5.41) is -0.673. The Morgan fingerprint density at radius 2 is 2.33 bits per heavy atom. The molecule has 1 rings (SSSR count). The lowest BCUT2D eigenvalue weighted by molar-refractivity contribution is -0.119. The van der Waals surface area contributed by atoms with Gasteiger partial charge < -0.3 is 10.1 Å². The molecule has 66 valence electrons. The molecule has 1 aliphatic carbocycles. The van der Waals surface area contributed by atoms with Crippen LogP contribution in [0.5, 0.6) is 0 Å². The lowest BCUT2D eigenvalue weighted by Crippen LogP contribution is -2.33. The van der Waals surface area contributed by atoms with Crippen LogP contribution in [0.2, 0.25) is 0 Å². The highest BCUT2D eigenvalue weighted by molar-refractivity contribution is 7.80. The van der Waals surface area contributed by atoms with E-state index >= 15 is 0 Å². The van der Waals surface area contributed by atoms with E-state index in [0.717, 1.165) is 0 Å². The van der Waals surface area contributed by atoms with Gasteiger partial charge in [-0.25, -0.2) is 4.21 Å². The van der Waals surface area contributed by atoms with Crippen LogP contribution in [0.25, 0.3) is 5.53 Å². The van der Waals surface area contributed by atoms with Crippen LogP contribution in [0.1, 0.15) is 19.3 Å². The normalized spacial score (nSPS) is 26.6. The Labute approximate surface area is 71.7 Å². The van der Waals surface area contributed by atoms with Crippen LogP contribution in [0.15, 0.2) is 0 Å². The summed E-state index contributed by atoms with van der Waals surface area (Å²) in [6.45, 7) is 0. The average Bonchev–Trinajstić information content (AvgIpc) is 2.03. The van der Waals surface area contributed by atoms with Crippen LogP contribution in [0, 0.1) is 0 Å². The first-order chi connectivity index (χ1) is 5.65. The van der Waals surface area contributed by atoms with Crippen molar-refractivity contribution in [2.75, 3.05) is 0 Å². The highest BCUT2D eigenvalue weighted by Crippen LogP contribution is 2.15. The van der Waals surface area contributed by atoms with E-state index in [1.165, 1.54) is 0 Å². The molecule has 0 bridgehead atoms. The monoisotopic (exact) mass is 188 g/mol. The lowest BCUT2D eigenvalue weighted by Gasteiger charge is -2.12. The summed E-state index contributed by atoms with van der Waals surface area (Å²) >= 11 is -2.04. The second-order valence-corrected chi connectivity index (χ2v) is 3.73. The molecule has 0 amide bonds. The molecule has 0 aromatic rings. The first-order valence-electron chi connectivity index (χ1n) is 3.47. The van der Waals surface area contributed by atoms with Crippen LogP contribution in [-0.4, -0.2) is 30.3 Å². The Balaban J connectivity index is 2.84. The van der Waals surface area contributed by atoms with Crippen molar-refractivity contribution in [3.63, 3.8) is 0 Å². The molecule has 0 saturated heterocycles. The molecule has 5 nitrogen and oxygen atoms in total. The quantitative estimate of drug-likeness (QED) is 0.356. The van der Waals surface area contributed by atoms with Gasteiger partial charge >= 0.3 is 0 Å². The Bertz CT molecular complexity index is 283. The van der Waals surface area contributed by atoms with E-state index in [1.54, 1.807) is 0 Å². The van der Waals surface area contributed by atoms with E-state index in [1.807, 2.05) is 0 Å². The number of carbonyl (C=O) groups is 1. The molecule has 2 unspecified atom stereocenters. The van der Waals surface area contributed by atoms with E-state index in [4.69, 9.17) is 10.1 Å². The first-order valence-corrected chi connectivity index (χ1v) is 4.64. The molecule has 1 N–H and O–H groups in total. The van der Waals surface area contributed by atoms with Gasteiger partial charge in [-0.05, 0) is 6.42 Å². The van der Waals surface area contributed by atoms with Crippen LogP contribution in [-0.2, 0) is 15.9 Å². The fraction of sp³-hybridized carbons (Fsp3) is 0.667. The molecule has 1 fully saturated rings. The number of hydrogen-bond acceptors (Lipinski definition) is 2. The zero-order valence-corrected chi connectivity index (χ0v) is 7.08. The van der Waals surface area contributed by atoms with Crippen LogP contribution in [0.4, 0.5) is 0 Å². The zero-order valence-electron chi connectivity index (χ0n) is 6.27. The molecule has 0 spiro atoms. The van der Waals surface area contributed by atoms with Gasteiger partial charge in [0.2, 0.25) is 0 Å². The van der Waals surface area contributed by atoms with E-state index in [9.17, 15) is 9.00 Å². The van der Waals surface area contributed by atoms with Gasteiger partial charge in [0.1, 0.15) is 12.2 Å². The standard InChI is InChI=1S/C6H8N2O3S/c7-8-5-3-4(9)1-2-6(5)12(10)11/h6H,1-3H2,(H,10,11). The van der Waals surface area contributed by atoms with Gasteiger partial charge in [0.15, 0.2) is 16.3 Å². The fourth-order valence-corrected chi connectivity index (χ4v) is 1.86. The highest BCUT2D eigenvalue weighted by atomic mass is 32.2. The van der Waals surface area contributed by atoms with Crippen molar-refractivity contribution in [2.24, 2.45) is 0 Å². The predicted molar refractivity (Wildman–Crippen MR) is 42.0 cm³/mol. The highest BCUT2D eigenvalue weighted by Gasteiger charge is 2.35. The minimum Gasteiger partial charge on any atom is -0.362 e. The number of rotatable bonds is 1. The number of Topliss-reactive ketones (excluding diaryl/α,β-unsaturated/α-hetero) is 1. The SMILES string of the molecule is [N-]=[N+]=C1CC(=O)CCC1S(=O)O. The largest absolute Gasteiger partial charge is 0.362 e. The van der Waals surface area contributed by atoms with Gasteiger partial charge in [0.25, 0.3) is 5.71 Å². The van der Waals surface area contributed by atoms with Gasteiger partial charge in [0, 0.05) is 6.42 Å². The maximum atomic E-state index is 10.8. The third kappa shape index (κ3) is 1.85. The Morgan fingerprint density at radius 3 is 2.83 bits per heavy atom.